The smallest absolute Gasteiger partial charge is 0.0965 e. The molecule has 1 fully saturated rings. The summed E-state index contributed by atoms with van der Waals surface area (Å²) in [5, 5.41) is 11.9. The molecule has 0 aromatic carbocycles. The molecule has 0 spiro atoms. The van der Waals surface area contributed by atoms with Crippen LogP contribution in [0.5, 0.6) is 0 Å². The lowest BCUT2D eigenvalue weighted by molar-refractivity contribution is 0.152. The SMILES string of the molecule is COCC1CCN(CCn2cc(CNC(C)(C)C)nn2)C1. The molecule has 1 atom stereocenters. The molecule has 120 valence electrons. The molecule has 1 aromatic rings. The van der Waals surface area contributed by atoms with Crippen LogP contribution < -0.4 is 5.32 Å². The molecule has 6 nitrogen and oxygen atoms in total. The normalized spacial score (nSPS) is 20.3. The molecule has 6 heteroatoms. The standard InChI is InChI=1S/C15H29N5O/c1-15(2,3)16-9-14-11-20(18-17-14)8-7-19-6-5-13(10-19)12-21-4/h11,13,16H,5-10,12H2,1-4H3. The second kappa shape index (κ2) is 7.33. The Bertz CT molecular complexity index is 426. The van der Waals surface area contributed by atoms with E-state index in [1.54, 1.807) is 7.11 Å². The lowest BCUT2D eigenvalue weighted by atomic mass is 10.1. The zero-order valence-corrected chi connectivity index (χ0v) is 13.8. The van der Waals surface area contributed by atoms with Gasteiger partial charge in [0.2, 0.25) is 0 Å². The van der Waals surface area contributed by atoms with Gasteiger partial charge in [0.05, 0.1) is 18.8 Å². The largest absolute Gasteiger partial charge is 0.384 e. The molecular formula is C15H29N5O. The van der Waals surface area contributed by atoms with Crippen LogP contribution in [0.15, 0.2) is 6.20 Å². The number of hydrogen-bond acceptors (Lipinski definition) is 5. The van der Waals surface area contributed by atoms with Crippen molar-refractivity contribution >= 4 is 0 Å². The van der Waals surface area contributed by atoms with Gasteiger partial charge < -0.3 is 15.0 Å². The number of ether oxygens (including phenoxy) is 1. The highest BCUT2D eigenvalue weighted by Gasteiger charge is 2.21. The van der Waals surface area contributed by atoms with E-state index in [1.165, 1.54) is 13.0 Å². The van der Waals surface area contributed by atoms with Crippen molar-refractivity contribution in [2.75, 3.05) is 33.4 Å². The van der Waals surface area contributed by atoms with Crippen molar-refractivity contribution in [3.8, 4) is 0 Å². The van der Waals surface area contributed by atoms with Gasteiger partial charge in [-0.2, -0.15) is 0 Å². The van der Waals surface area contributed by atoms with Crippen molar-refractivity contribution in [3.63, 3.8) is 0 Å². The minimum atomic E-state index is 0.107. The number of methoxy groups -OCH3 is 1. The topological polar surface area (TPSA) is 55.2 Å². The number of likely N-dealkylation sites (tertiary alicyclic amines) is 1. The molecule has 0 aliphatic carbocycles. The van der Waals surface area contributed by atoms with Gasteiger partial charge in [-0.15, -0.1) is 5.10 Å². The predicted octanol–water partition coefficient (Wildman–Crippen LogP) is 1.13. The van der Waals surface area contributed by atoms with Gasteiger partial charge in [0.15, 0.2) is 0 Å². The summed E-state index contributed by atoms with van der Waals surface area (Å²) in [6.45, 7) is 12.4. The molecule has 1 N–H and O–H groups in total. The molecule has 0 radical (unpaired) electrons. The van der Waals surface area contributed by atoms with E-state index >= 15 is 0 Å². The Morgan fingerprint density at radius 1 is 1.38 bits per heavy atom. The second-order valence-corrected chi connectivity index (χ2v) is 6.99. The summed E-state index contributed by atoms with van der Waals surface area (Å²) < 4.78 is 7.18. The van der Waals surface area contributed by atoms with Crippen LogP contribution in [0, 0.1) is 5.92 Å². The minimum absolute atomic E-state index is 0.107. The van der Waals surface area contributed by atoms with E-state index < -0.39 is 0 Å². The van der Waals surface area contributed by atoms with Gasteiger partial charge in [0, 0.05) is 38.5 Å². The average Bonchev–Trinajstić information content (AvgIpc) is 3.02. The first-order valence-corrected chi connectivity index (χ1v) is 7.81. The Morgan fingerprint density at radius 3 is 2.90 bits per heavy atom. The van der Waals surface area contributed by atoms with Crippen LogP contribution in [0.4, 0.5) is 0 Å². The molecule has 0 bridgehead atoms. The van der Waals surface area contributed by atoms with Crippen LogP contribution in [0.2, 0.25) is 0 Å². The Labute approximate surface area is 127 Å². The van der Waals surface area contributed by atoms with Crippen LogP contribution in [0.25, 0.3) is 0 Å². The molecule has 0 amide bonds. The number of nitrogens with zero attached hydrogens (tertiary/aromatic N) is 4. The van der Waals surface area contributed by atoms with E-state index in [0.717, 1.165) is 38.5 Å². The van der Waals surface area contributed by atoms with Crippen LogP contribution in [-0.2, 0) is 17.8 Å². The Kier molecular flexibility index (Phi) is 5.72. The average molecular weight is 295 g/mol. The summed E-state index contributed by atoms with van der Waals surface area (Å²) in [6.07, 6.45) is 3.29. The molecule has 1 aromatic heterocycles. The maximum absolute atomic E-state index is 5.23. The first kappa shape index (κ1) is 16.4. The summed E-state index contributed by atoms with van der Waals surface area (Å²) >= 11 is 0. The molecule has 2 rings (SSSR count). The van der Waals surface area contributed by atoms with Crippen LogP contribution in [0.3, 0.4) is 0 Å². The van der Waals surface area contributed by atoms with Crippen LogP contribution in [-0.4, -0.2) is 58.8 Å². The molecular weight excluding hydrogens is 266 g/mol. The maximum Gasteiger partial charge on any atom is 0.0965 e. The summed E-state index contributed by atoms with van der Waals surface area (Å²) in [5.41, 5.74) is 1.11. The zero-order chi connectivity index (χ0) is 15.3. The fourth-order valence-corrected chi connectivity index (χ4v) is 2.62. The number of hydrogen-bond donors (Lipinski definition) is 1. The third kappa shape index (κ3) is 5.73. The van der Waals surface area contributed by atoms with Crippen molar-refractivity contribution in [2.45, 2.75) is 45.8 Å². The van der Waals surface area contributed by atoms with E-state index in [2.05, 4.69) is 41.3 Å². The van der Waals surface area contributed by atoms with Gasteiger partial charge in [0.25, 0.3) is 0 Å². The quantitative estimate of drug-likeness (QED) is 0.817. The molecule has 1 saturated heterocycles. The van der Waals surface area contributed by atoms with Crippen molar-refractivity contribution in [3.05, 3.63) is 11.9 Å². The van der Waals surface area contributed by atoms with Gasteiger partial charge in [-0.25, -0.2) is 0 Å². The van der Waals surface area contributed by atoms with E-state index in [1.807, 2.05) is 10.9 Å². The number of rotatable bonds is 7. The minimum Gasteiger partial charge on any atom is -0.384 e. The van der Waals surface area contributed by atoms with Gasteiger partial charge >= 0.3 is 0 Å². The third-order valence-electron chi connectivity index (χ3n) is 3.80. The van der Waals surface area contributed by atoms with Crippen molar-refractivity contribution in [1.29, 1.82) is 0 Å². The van der Waals surface area contributed by atoms with E-state index in [0.29, 0.717) is 5.92 Å². The van der Waals surface area contributed by atoms with Crippen molar-refractivity contribution in [1.82, 2.24) is 25.2 Å². The highest BCUT2D eigenvalue weighted by Crippen LogP contribution is 2.15. The van der Waals surface area contributed by atoms with Gasteiger partial charge in [0.1, 0.15) is 0 Å². The van der Waals surface area contributed by atoms with E-state index in [-0.39, 0.29) is 5.54 Å². The maximum atomic E-state index is 5.23. The van der Waals surface area contributed by atoms with Gasteiger partial charge in [-0.05, 0) is 39.7 Å². The highest BCUT2D eigenvalue weighted by molar-refractivity contribution is 4.93. The summed E-state index contributed by atoms with van der Waals surface area (Å²) in [6, 6.07) is 0. The summed E-state index contributed by atoms with van der Waals surface area (Å²) in [7, 11) is 1.78. The number of nitrogens with one attached hydrogen (secondary N) is 1. The highest BCUT2D eigenvalue weighted by atomic mass is 16.5. The fraction of sp³-hybridized carbons (Fsp3) is 0.867. The molecule has 0 saturated carbocycles. The predicted molar refractivity (Wildman–Crippen MR) is 83.0 cm³/mol. The van der Waals surface area contributed by atoms with Crippen LogP contribution in [0.1, 0.15) is 32.9 Å². The Balaban J connectivity index is 1.71. The van der Waals surface area contributed by atoms with Gasteiger partial charge in [-0.3, -0.25) is 4.68 Å². The van der Waals surface area contributed by atoms with Gasteiger partial charge in [-0.1, -0.05) is 5.21 Å². The van der Waals surface area contributed by atoms with E-state index in [4.69, 9.17) is 4.74 Å². The number of aromatic nitrogens is 3. The fourth-order valence-electron chi connectivity index (χ4n) is 2.62. The first-order chi connectivity index (χ1) is 9.96. The molecule has 21 heavy (non-hydrogen) atoms. The second-order valence-electron chi connectivity index (χ2n) is 6.99. The van der Waals surface area contributed by atoms with E-state index in [9.17, 15) is 0 Å². The summed E-state index contributed by atoms with van der Waals surface area (Å²) in [4.78, 5) is 2.48. The molecule has 2 heterocycles. The monoisotopic (exact) mass is 295 g/mol. The lowest BCUT2D eigenvalue weighted by Crippen LogP contribution is -2.35. The molecule has 1 aliphatic rings. The van der Waals surface area contributed by atoms with Crippen molar-refractivity contribution in [2.24, 2.45) is 5.92 Å². The first-order valence-electron chi connectivity index (χ1n) is 7.81. The summed E-state index contributed by atoms with van der Waals surface area (Å²) in [5.74, 6) is 0.692. The molecule has 1 aliphatic heterocycles. The Hall–Kier alpha value is -0.980. The van der Waals surface area contributed by atoms with Crippen molar-refractivity contribution < 1.29 is 4.74 Å². The van der Waals surface area contributed by atoms with Crippen LogP contribution >= 0.6 is 0 Å². The Morgan fingerprint density at radius 2 is 2.19 bits per heavy atom. The zero-order valence-electron chi connectivity index (χ0n) is 13.8. The third-order valence-corrected chi connectivity index (χ3v) is 3.80. The lowest BCUT2D eigenvalue weighted by Gasteiger charge is -2.19. The molecule has 1 unspecified atom stereocenters.